The van der Waals surface area contributed by atoms with Crippen LogP contribution in [-0.4, -0.2) is 4.57 Å². The zero-order valence-corrected chi connectivity index (χ0v) is 15.2. The lowest BCUT2D eigenvalue weighted by Crippen LogP contribution is -3.00. The van der Waals surface area contributed by atoms with Crippen LogP contribution < -0.4 is 17.0 Å². The van der Waals surface area contributed by atoms with E-state index >= 15 is 0 Å². The van der Waals surface area contributed by atoms with Crippen LogP contribution in [0.2, 0.25) is 5.15 Å². The van der Waals surface area contributed by atoms with Crippen LogP contribution in [0, 0.1) is 13.8 Å². The van der Waals surface area contributed by atoms with Crippen molar-refractivity contribution in [3.63, 3.8) is 0 Å². The highest BCUT2D eigenvalue weighted by Gasteiger charge is 2.17. The first kappa shape index (κ1) is 18.1. The molecule has 0 aliphatic rings. The predicted octanol–water partition coefficient (Wildman–Crippen LogP) is 0.933. The Morgan fingerprint density at radius 2 is 1.67 bits per heavy atom. The van der Waals surface area contributed by atoms with Gasteiger partial charge in [0.15, 0.2) is 0 Å². The fourth-order valence-electron chi connectivity index (χ4n) is 2.48. The van der Waals surface area contributed by atoms with Gasteiger partial charge in [0.2, 0.25) is 11.5 Å². The summed E-state index contributed by atoms with van der Waals surface area (Å²) >= 11 is 6.10. The van der Waals surface area contributed by atoms with Gasteiger partial charge in [0.25, 0.3) is 0 Å². The lowest BCUT2D eigenvalue weighted by Gasteiger charge is -2.22. The van der Waals surface area contributed by atoms with Gasteiger partial charge in [-0.1, -0.05) is 32.9 Å². The molecule has 0 atom stereocenters. The van der Waals surface area contributed by atoms with Crippen LogP contribution >= 0.6 is 11.6 Å². The number of hydrogen-bond donors (Lipinski definition) is 0. The Kier molecular flexibility index (Phi) is 5.51. The van der Waals surface area contributed by atoms with E-state index in [0.29, 0.717) is 0 Å². The molecule has 2 rings (SSSR count). The van der Waals surface area contributed by atoms with E-state index in [1.807, 2.05) is 24.1 Å². The van der Waals surface area contributed by atoms with Crippen molar-refractivity contribution in [3.8, 4) is 0 Å². The minimum Gasteiger partial charge on any atom is -1.00 e. The fraction of sp³-hybridized carbons (Fsp3) is 0.471. The number of benzene rings is 1. The molecule has 0 aliphatic carbocycles. The molecule has 1 aromatic heterocycles. The summed E-state index contributed by atoms with van der Waals surface area (Å²) < 4.78 is 4.06. The monoisotopic (exact) mass is 326 g/mol. The summed E-state index contributed by atoms with van der Waals surface area (Å²) in [5.41, 5.74) is 5.67. The second-order valence-corrected chi connectivity index (χ2v) is 7.08. The van der Waals surface area contributed by atoms with E-state index in [9.17, 15) is 0 Å². The van der Waals surface area contributed by atoms with Crippen LogP contribution in [0.5, 0.6) is 0 Å². The number of nitrogens with zero attached hydrogens (tertiary/aromatic N) is 2. The van der Waals surface area contributed by atoms with E-state index in [0.717, 1.165) is 11.7 Å². The van der Waals surface area contributed by atoms with E-state index in [1.165, 1.54) is 22.3 Å². The van der Waals surface area contributed by atoms with Crippen molar-refractivity contribution in [3.05, 3.63) is 52.1 Å². The first-order valence-corrected chi connectivity index (χ1v) is 7.38. The van der Waals surface area contributed by atoms with Crippen LogP contribution in [-0.2, 0) is 19.0 Å². The molecule has 0 N–H and O–H groups in total. The van der Waals surface area contributed by atoms with Gasteiger partial charge in [-0.25, -0.2) is 9.13 Å². The highest BCUT2D eigenvalue weighted by Crippen LogP contribution is 2.26. The van der Waals surface area contributed by atoms with Gasteiger partial charge in [0.1, 0.15) is 12.7 Å². The van der Waals surface area contributed by atoms with Gasteiger partial charge in [0, 0.05) is 0 Å². The molecule has 0 bridgehead atoms. The number of halogens is 2. The van der Waals surface area contributed by atoms with Crippen LogP contribution in [0.15, 0.2) is 24.7 Å². The summed E-state index contributed by atoms with van der Waals surface area (Å²) in [6.45, 7) is 12.0. The van der Waals surface area contributed by atoms with E-state index in [-0.39, 0.29) is 17.8 Å². The summed E-state index contributed by atoms with van der Waals surface area (Å²) in [4.78, 5) is 0. The first-order valence-electron chi connectivity index (χ1n) is 7.00. The van der Waals surface area contributed by atoms with Crippen molar-refractivity contribution in [1.29, 1.82) is 0 Å². The minimum absolute atomic E-state index is 0. The quantitative estimate of drug-likeness (QED) is 0.726. The second kappa shape index (κ2) is 6.41. The molecule has 4 heteroatoms. The summed E-state index contributed by atoms with van der Waals surface area (Å²) in [5.74, 6) is 0. The molecule has 0 unspecified atom stereocenters. The Hall–Kier alpha value is -0.990. The third-order valence-electron chi connectivity index (χ3n) is 3.83. The number of rotatable bonds is 2. The lowest BCUT2D eigenvalue weighted by molar-refractivity contribution is -0.687. The molecule has 0 spiro atoms. The van der Waals surface area contributed by atoms with Gasteiger partial charge < -0.3 is 12.4 Å². The SMILES string of the molecule is Cc1cc(C(C)(C)C)cc(C)c1C[n+]1cc(Cl)n(C)c1.[Cl-]. The molecular formula is C17H24Cl2N2. The Labute approximate surface area is 139 Å². The number of aryl methyl sites for hydroxylation is 3. The Morgan fingerprint density at radius 3 is 2.05 bits per heavy atom. The summed E-state index contributed by atoms with van der Waals surface area (Å²) in [7, 11) is 1.96. The zero-order valence-electron chi connectivity index (χ0n) is 13.7. The number of aromatic nitrogens is 2. The highest BCUT2D eigenvalue weighted by molar-refractivity contribution is 6.29. The standard InChI is InChI=1S/C17H24ClN2.ClH/c1-12-7-14(17(3,4)5)8-13(2)15(12)9-20-10-16(18)19(6)11-20;/h7-8,10-11H,9H2,1-6H3;1H/q+1;/p-1. The maximum Gasteiger partial charge on any atom is 0.245 e. The lowest BCUT2D eigenvalue weighted by atomic mass is 9.84. The fourth-order valence-corrected chi connectivity index (χ4v) is 2.65. The molecule has 116 valence electrons. The molecule has 21 heavy (non-hydrogen) atoms. The predicted molar refractivity (Wildman–Crippen MR) is 84.3 cm³/mol. The van der Waals surface area contributed by atoms with E-state index in [4.69, 9.17) is 11.6 Å². The van der Waals surface area contributed by atoms with Gasteiger partial charge in [-0.15, -0.1) is 0 Å². The Balaban J connectivity index is 0.00000220. The van der Waals surface area contributed by atoms with Gasteiger partial charge in [-0.05, 0) is 53.1 Å². The van der Waals surface area contributed by atoms with Crippen LogP contribution in [0.3, 0.4) is 0 Å². The molecule has 1 aromatic carbocycles. The average molecular weight is 327 g/mol. The third kappa shape index (κ3) is 4.02. The molecule has 0 aliphatic heterocycles. The summed E-state index contributed by atoms with van der Waals surface area (Å²) in [6, 6.07) is 4.63. The first-order chi connectivity index (χ1) is 9.18. The highest BCUT2D eigenvalue weighted by atomic mass is 35.5. The summed E-state index contributed by atoms with van der Waals surface area (Å²) in [5, 5.41) is 0.756. The molecule has 0 saturated carbocycles. The van der Waals surface area contributed by atoms with E-state index in [1.54, 1.807) is 0 Å². The minimum atomic E-state index is 0. The van der Waals surface area contributed by atoms with E-state index < -0.39 is 0 Å². The molecular weight excluding hydrogens is 303 g/mol. The van der Waals surface area contributed by atoms with Crippen molar-refractivity contribution in [2.45, 2.75) is 46.6 Å². The van der Waals surface area contributed by atoms with Crippen LogP contribution in [0.4, 0.5) is 0 Å². The normalized spacial score (nSPS) is 11.4. The zero-order chi connectivity index (χ0) is 15.1. The largest absolute Gasteiger partial charge is 1.00 e. The topological polar surface area (TPSA) is 8.81 Å². The van der Waals surface area contributed by atoms with Crippen molar-refractivity contribution in [2.75, 3.05) is 0 Å². The smallest absolute Gasteiger partial charge is 0.245 e. The van der Waals surface area contributed by atoms with Gasteiger partial charge >= 0.3 is 0 Å². The van der Waals surface area contributed by atoms with Crippen LogP contribution in [0.25, 0.3) is 0 Å². The maximum absolute atomic E-state index is 6.10. The second-order valence-electron chi connectivity index (χ2n) is 6.69. The van der Waals surface area contributed by atoms with E-state index in [2.05, 4.69) is 51.3 Å². The van der Waals surface area contributed by atoms with Gasteiger partial charge in [0.05, 0.1) is 7.05 Å². The molecule has 0 saturated heterocycles. The number of imidazole rings is 1. The molecule has 0 amide bonds. The molecule has 2 aromatic rings. The Bertz CT molecular complexity index is 594. The van der Waals surface area contributed by atoms with Crippen molar-refractivity contribution in [2.24, 2.45) is 7.05 Å². The average Bonchev–Trinajstić information content (AvgIpc) is 2.62. The molecule has 0 fully saturated rings. The molecule has 1 heterocycles. The van der Waals surface area contributed by atoms with Crippen molar-refractivity contribution < 1.29 is 17.0 Å². The molecule has 2 nitrogen and oxygen atoms in total. The maximum atomic E-state index is 6.10. The summed E-state index contributed by atoms with van der Waals surface area (Å²) in [6.07, 6.45) is 4.00. The van der Waals surface area contributed by atoms with Crippen LogP contribution in [0.1, 0.15) is 43.0 Å². The van der Waals surface area contributed by atoms with Crippen molar-refractivity contribution in [1.82, 2.24) is 4.57 Å². The Morgan fingerprint density at radius 1 is 1.14 bits per heavy atom. The van der Waals surface area contributed by atoms with Gasteiger partial charge in [-0.3, -0.25) is 0 Å². The van der Waals surface area contributed by atoms with Gasteiger partial charge in [-0.2, -0.15) is 0 Å². The van der Waals surface area contributed by atoms with Crippen molar-refractivity contribution >= 4 is 11.6 Å². The number of hydrogen-bond acceptors (Lipinski definition) is 0. The third-order valence-corrected chi connectivity index (χ3v) is 4.20. The molecule has 0 radical (unpaired) electrons.